The minimum Gasteiger partial charge on any atom is -0.348 e. The molecule has 4 aromatic rings. The number of halogens is 1. The van der Waals surface area contributed by atoms with Crippen LogP contribution in [0.4, 0.5) is 4.39 Å². The Bertz CT molecular complexity index is 1200. The highest BCUT2D eigenvalue weighted by atomic mass is 19.1. The smallest absolute Gasteiger partial charge is 0.252 e. The lowest BCUT2D eigenvalue weighted by Gasteiger charge is -2.07. The van der Waals surface area contributed by atoms with Crippen molar-refractivity contribution in [3.63, 3.8) is 0 Å². The van der Waals surface area contributed by atoms with Gasteiger partial charge in [0.2, 0.25) is 0 Å². The third-order valence-corrected chi connectivity index (χ3v) is 4.27. The number of imidazole rings is 1. The Morgan fingerprint density at radius 3 is 2.71 bits per heavy atom. The summed E-state index contributed by atoms with van der Waals surface area (Å²) < 4.78 is 14.9. The minimum atomic E-state index is -0.307. The van der Waals surface area contributed by atoms with Crippen molar-refractivity contribution in [1.82, 2.24) is 14.7 Å². The first-order valence-electron chi connectivity index (χ1n) is 8.75. The van der Waals surface area contributed by atoms with Gasteiger partial charge in [-0.1, -0.05) is 24.0 Å². The van der Waals surface area contributed by atoms with Gasteiger partial charge >= 0.3 is 0 Å². The maximum absolute atomic E-state index is 13.0. The van der Waals surface area contributed by atoms with Crippen molar-refractivity contribution >= 4 is 11.6 Å². The first-order valence-corrected chi connectivity index (χ1v) is 8.75. The number of benzene rings is 2. The average molecular weight is 369 g/mol. The molecule has 0 radical (unpaired) electrons. The highest BCUT2D eigenvalue weighted by Crippen LogP contribution is 2.10. The van der Waals surface area contributed by atoms with Gasteiger partial charge in [0.1, 0.15) is 11.5 Å². The van der Waals surface area contributed by atoms with Crippen molar-refractivity contribution in [2.24, 2.45) is 0 Å². The van der Waals surface area contributed by atoms with Crippen LogP contribution < -0.4 is 5.32 Å². The maximum atomic E-state index is 13.0. The van der Waals surface area contributed by atoms with Crippen LogP contribution in [0.5, 0.6) is 0 Å². The Morgan fingerprint density at radius 2 is 1.86 bits per heavy atom. The van der Waals surface area contributed by atoms with Gasteiger partial charge in [0, 0.05) is 36.3 Å². The van der Waals surface area contributed by atoms with Crippen LogP contribution in [0.2, 0.25) is 0 Å². The van der Waals surface area contributed by atoms with Gasteiger partial charge in [-0.25, -0.2) is 9.37 Å². The first-order chi connectivity index (χ1) is 13.7. The number of rotatable bonds is 3. The number of carbonyl (C=O) groups is 1. The molecule has 1 N–H and O–H groups in total. The number of hydrogen-bond donors (Lipinski definition) is 1. The fraction of sp³-hybridized carbons (Fsp3) is 0.0435. The lowest BCUT2D eigenvalue weighted by atomic mass is 10.1. The summed E-state index contributed by atoms with van der Waals surface area (Å²) in [5, 5.41) is 2.92. The van der Waals surface area contributed by atoms with Crippen LogP contribution in [-0.2, 0) is 6.54 Å². The van der Waals surface area contributed by atoms with E-state index in [1.807, 2.05) is 35.0 Å². The summed E-state index contributed by atoms with van der Waals surface area (Å²) in [4.78, 5) is 16.9. The number of aromatic nitrogens is 2. The normalized spacial score (nSPS) is 10.3. The molecule has 0 unspecified atom stereocenters. The summed E-state index contributed by atoms with van der Waals surface area (Å²) in [6.07, 6.45) is 5.51. The molecule has 28 heavy (non-hydrogen) atoms. The molecule has 2 aromatic heterocycles. The lowest BCUT2D eigenvalue weighted by Crippen LogP contribution is -2.23. The molecule has 4 rings (SSSR count). The molecule has 4 nitrogen and oxygen atoms in total. The van der Waals surface area contributed by atoms with E-state index in [0.717, 1.165) is 11.2 Å². The van der Waals surface area contributed by atoms with E-state index < -0.39 is 0 Å². The fourth-order valence-corrected chi connectivity index (χ4v) is 2.80. The predicted octanol–water partition coefficient (Wildman–Crippen LogP) is 3.80. The van der Waals surface area contributed by atoms with Gasteiger partial charge in [0.15, 0.2) is 0 Å². The van der Waals surface area contributed by atoms with E-state index in [1.54, 1.807) is 36.5 Å². The molecule has 2 aromatic carbocycles. The van der Waals surface area contributed by atoms with Crippen LogP contribution in [-0.4, -0.2) is 15.3 Å². The van der Waals surface area contributed by atoms with E-state index in [4.69, 9.17) is 0 Å². The molecule has 0 aliphatic heterocycles. The molecule has 2 heterocycles. The summed E-state index contributed by atoms with van der Waals surface area (Å²) in [7, 11) is 0. The largest absolute Gasteiger partial charge is 0.348 e. The van der Waals surface area contributed by atoms with Gasteiger partial charge in [0.25, 0.3) is 5.91 Å². The van der Waals surface area contributed by atoms with Gasteiger partial charge in [0.05, 0.1) is 5.56 Å². The van der Waals surface area contributed by atoms with E-state index in [1.165, 1.54) is 12.1 Å². The molecule has 0 aliphatic rings. The second kappa shape index (κ2) is 7.77. The van der Waals surface area contributed by atoms with E-state index in [0.29, 0.717) is 23.2 Å². The number of nitrogens with zero attached hydrogens (tertiary/aromatic N) is 2. The standard InChI is InChI=1S/C23H16FN3O/c24-20-9-6-17(7-10-20)5-8-19-3-1-2-4-21(19)23(28)26-16-18-11-13-27-14-12-25-22(27)15-18/h1-4,6-7,9-15H,16H2,(H,26,28). The molecule has 0 spiro atoms. The van der Waals surface area contributed by atoms with Crippen molar-refractivity contribution in [1.29, 1.82) is 0 Å². The van der Waals surface area contributed by atoms with Crippen LogP contribution >= 0.6 is 0 Å². The molecule has 0 aliphatic carbocycles. The second-order valence-electron chi connectivity index (χ2n) is 6.21. The zero-order chi connectivity index (χ0) is 19.3. The maximum Gasteiger partial charge on any atom is 0.252 e. The molecule has 0 fully saturated rings. The SMILES string of the molecule is O=C(NCc1ccn2ccnc2c1)c1ccccc1C#Cc1ccc(F)cc1. The van der Waals surface area contributed by atoms with Crippen LogP contribution in [0.1, 0.15) is 27.0 Å². The van der Waals surface area contributed by atoms with Crippen molar-refractivity contribution in [3.05, 3.63) is 107 Å². The van der Waals surface area contributed by atoms with Gasteiger partial charge in [-0.15, -0.1) is 0 Å². The van der Waals surface area contributed by atoms with E-state index in [2.05, 4.69) is 22.1 Å². The van der Waals surface area contributed by atoms with Crippen LogP contribution in [0, 0.1) is 17.7 Å². The zero-order valence-corrected chi connectivity index (χ0v) is 14.9. The van der Waals surface area contributed by atoms with E-state index in [9.17, 15) is 9.18 Å². The third-order valence-electron chi connectivity index (χ3n) is 4.27. The second-order valence-corrected chi connectivity index (χ2v) is 6.21. The van der Waals surface area contributed by atoms with Gasteiger partial charge in [-0.05, 0) is 54.1 Å². The molecule has 136 valence electrons. The Hall–Kier alpha value is -3.91. The minimum absolute atomic E-state index is 0.202. The number of amides is 1. The van der Waals surface area contributed by atoms with Crippen molar-refractivity contribution in [2.45, 2.75) is 6.54 Å². The summed E-state index contributed by atoms with van der Waals surface area (Å²) in [6, 6.07) is 17.0. The zero-order valence-electron chi connectivity index (χ0n) is 14.9. The average Bonchev–Trinajstić information content (AvgIpc) is 3.20. The summed E-state index contributed by atoms with van der Waals surface area (Å²) in [5.41, 5.74) is 3.59. The van der Waals surface area contributed by atoms with Gasteiger partial charge in [-0.2, -0.15) is 0 Å². The number of carbonyl (C=O) groups excluding carboxylic acids is 1. The number of nitrogens with one attached hydrogen (secondary N) is 1. The number of hydrogen-bond acceptors (Lipinski definition) is 2. The third kappa shape index (κ3) is 3.92. The fourth-order valence-electron chi connectivity index (χ4n) is 2.80. The molecule has 0 saturated heterocycles. The topological polar surface area (TPSA) is 46.4 Å². The Labute approximate surface area is 161 Å². The molecular weight excluding hydrogens is 353 g/mol. The number of fused-ring (bicyclic) bond motifs is 1. The molecule has 0 atom stereocenters. The van der Waals surface area contributed by atoms with Crippen LogP contribution in [0.3, 0.4) is 0 Å². The molecule has 0 bridgehead atoms. The van der Waals surface area contributed by atoms with Crippen LogP contribution in [0.15, 0.2) is 79.3 Å². The van der Waals surface area contributed by atoms with Crippen LogP contribution in [0.25, 0.3) is 5.65 Å². The molecule has 1 amide bonds. The lowest BCUT2D eigenvalue weighted by molar-refractivity contribution is 0.0950. The molecule has 0 saturated carbocycles. The summed E-state index contributed by atoms with van der Waals surface area (Å²) in [6.45, 7) is 0.391. The monoisotopic (exact) mass is 369 g/mol. The molecule has 5 heteroatoms. The Balaban J connectivity index is 1.50. The Morgan fingerprint density at radius 1 is 1.04 bits per heavy atom. The Kier molecular flexibility index (Phi) is 4.85. The van der Waals surface area contributed by atoms with Gasteiger partial charge < -0.3 is 9.72 Å². The summed E-state index contributed by atoms with van der Waals surface area (Å²) >= 11 is 0. The predicted molar refractivity (Wildman–Crippen MR) is 105 cm³/mol. The van der Waals surface area contributed by atoms with E-state index in [-0.39, 0.29) is 11.7 Å². The molecular formula is C23H16FN3O. The van der Waals surface area contributed by atoms with Crippen molar-refractivity contribution in [3.8, 4) is 11.8 Å². The van der Waals surface area contributed by atoms with Crippen molar-refractivity contribution < 1.29 is 9.18 Å². The highest BCUT2D eigenvalue weighted by Gasteiger charge is 2.09. The first kappa shape index (κ1) is 17.5. The summed E-state index contributed by atoms with van der Waals surface area (Å²) in [5.74, 6) is 5.46. The van der Waals surface area contributed by atoms with Gasteiger partial charge in [-0.3, -0.25) is 4.79 Å². The van der Waals surface area contributed by atoms with Crippen molar-refractivity contribution in [2.75, 3.05) is 0 Å². The van der Waals surface area contributed by atoms with E-state index >= 15 is 0 Å². The highest BCUT2D eigenvalue weighted by molar-refractivity contribution is 5.96. The number of pyridine rings is 1. The quantitative estimate of drug-likeness (QED) is 0.559.